The highest BCUT2D eigenvalue weighted by molar-refractivity contribution is 5.97. The molecular weight excluding hydrogens is 532 g/mol. The van der Waals surface area contributed by atoms with Crippen molar-refractivity contribution >= 4 is 11.8 Å². The number of rotatable bonds is 8. The van der Waals surface area contributed by atoms with Gasteiger partial charge in [0.15, 0.2) is 17.3 Å². The number of aromatic amines is 1. The zero-order valence-corrected chi connectivity index (χ0v) is 23.2. The second-order valence-corrected chi connectivity index (χ2v) is 10.6. The Kier molecular flexibility index (Phi) is 8.52. The second kappa shape index (κ2) is 11.9. The molecule has 41 heavy (non-hydrogen) atoms. The molecule has 9 nitrogen and oxygen atoms in total. The molecule has 3 atom stereocenters. The van der Waals surface area contributed by atoms with Crippen LogP contribution in [-0.2, 0) is 4.79 Å². The highest BCUT2D eigenvalue weighted by Crippen LogP contribution is 2.43. The summed E-state index contributed by atoms with van der Waals surface area (Å²) in [6.07, 6.45) is 1.29. The van der Waals surface area contributed by atoms with Crippen molar-refractivity contribution in [3.05, 3.63) is 87.3 Å². The second-order valence-electron chi connectivity index (χ2n) is 10.6. The number of nitrogens with one attached hydrogen (secondary N) is 2. The van der Waals surface area contributed by atoms with Crippen molar-refractivity contribution in [2.45, 2.75) is 65.1 Å². The molecule has 1 fully saturated rings. The summed E-state index contributed by atoms with van der Waals surface area (Å²) in [5.41, 5.74) is -0.523. The van der Waals surface area contributed by atoms with Crippen LogP contribution in [0, 0.1) is 35.3 Å². The first-order valence-electron chi connectivity index (χ1n) is 13.3. The van der Waals surface area contributed by atoms with Crippen molar-refractivity contribution in [3.8, 4) is 17.6 Å². The Bertz CT molecular complexity index is 1560. The quantitative estimate of drug-likeness (QED) is 0.400. The molecule has 1 unspecified atom stereocenters. The van der Waals surface area contributed by atoms with Crippen molar-refractivity contribution in [1.29, 1.82) is 5.26 Å². The van der Waals surface area contributed by atoms with Crippen LogP contribution >= 0.6 is 0 Å². The van der Waals surface area contributed by atoms with Gasteiger partial charge in [-0.15, -0.1) is 0 Å². The lowest BCUT2D eigenvalue weighted by Crippen LogP contribution is -2.53. The van der Waals surface area contributed by atoms with Gasteiger partial charge in [-0.1, -0.05) is 19.1 Å². The average molecular weight is 564 g/mol. The Morgan fingerprint density at radius 2 is 1.95 bits per heavy atom. The third-order valence-corrected chi connectivity index (χ3v) is 7.32. The van der Waals surface area contributed by atoms with E-state index in [0.717, 1.165) is 6.07 Å². The van der Waals surface area contributed by atoms with Crippen LogP contribution in [0.4, 0.5) is 8.78 Å². The smallest absolute Gasteiger partial charge is 0.307 e. The lowest BCUT2D eigenvalue weighted by Gasteiger charge is -2.38. The van der Waals surface area contributed by atoms with Gasteiger partial charge in [-0.25, -0.2) is 13.9 Å². The number of benzene rings is 2. The minimum Gasteiger partial charge on any atom is -0.448 e. The number of nitriles is 1. The Balaban J connectivity index is 1.57. The predicted octanol–water partition coefficient (Wildman–Crippen LogP) is 4.94. The van der Waals surface area contributed by atoms with Crippen LogP contribution in [0.15, 0.2) is 53.3 Å². The van der Waals surface area contributed by atoms with E-state index in [1.807, 2.05) is 0 Å². The van der Waals surface area contributed by atoms with Gasteiger partial charge in [0.05, 0.1) is 29.3 Å². The number of H-pyrrole nitrogens is 1. The van der Waals surface area contributed by atoms with Crippen molar-refractivity contribution in [2.24, 2.45) is 5.41 Å². The maximum Gasteiger partial charge on any atom is 0.307 e. The van der Waals surface area contributed by atoms with Gasteiger partial charge < -0.3 is 15.0 Å². The van der Waals surface area contributed by atoms with Gasteiger partial charge in [0.25, 0.3) is 5.91 Å². The molecule has 3 aromatic rings. The fraction of sp³-hybridized carbons (Fsp3) is 0.367. The number of aryl methyl sites for hydroxylation is 1. The SMILES string of the molecule is CC[C@@H](NC(=O)c1ccc(Oc2cc(C)n[nH]c2=O)c(F)c1)C(=O)N1C(C(C)(C)C#N)CC[C@H]1c1cccc(F)c1. The Morgan fingerprint density at radius 3 is 2.61 bits per heavy atom. The minimum absolute atomic E-state index is 0.0575. The monoisotopic (exact) mass is 563 g/mol. The van der Waals surface area contributed by atoms with E-state index in [4.69, 9.17) is 4.74 Å². The number of aromatic nitrogens is 2. The Morgan fingerprint density at radius 1 is 1.20 bits per heavy atom. The minimum atomic E-state index is -0.981. The predicted molar refractivity (Wildman–Crippen MR) is 146 cm³/mol. The van der Waals surface area contributed by atoms with Crippen LogP contribution in [-0.4, -0.2) is 39.0 Å². The van der Waals surface area contributed by atoms with E-state index in [1.54, 1.807) is 44.7 Å². The summed E-state index contributed by atoms with van der Waals surface area (Å²) in [5, 5.41) is 18.5. The number of carbonyl (C=O) groups excluding carboxylic acids is 2. The van der Waals surface area contributed by atoms with Crippen LogP contribution in [0.1, 0.15) is 67.7 Å². The normalized spacial score (nSPS) is 17.5. The van der Waals surface area contributed by atoms with Crippen LogP contribution < -0.4 is 15.6 Å². The first-order chi connectivity index (χ1) is 19.4. The first-order valence-corrected chi connectivity index (χ1v) is 13.3. The first kappa shape index (κ1) is 29.4. The van der Waals surface area contributed by atoms with Crippen molar-refractivity contribution in [1.82, 2.24) is 20.4 Å². The summed E-state index contributed by atoms with van der Waals surface area (Å²) in [6, 6.07) is 11.2. The fourth-order valence-electron chi connectivity index (χ4n) is 5.10. The topological polar surface area (TPSA) is 128 Å². The molecule has 1 saturated heterocycles. The summed E-state index contributed by atoms with van der Waals surface area (Å²) >= 11 is 0. The number of halogens is 2. The number of nitrogens with zero attached hydrogens (tertiary/aromatic N) is 3. The molecule has 0 radical (unpaired) electrons. The van der Waals surface area contributed by atoms with E-state index in [9.17, 15) is 28.4 Å². The van der Waals surface area contributed by atoms with E-state index < -0.39 is 52.5 Å². The van der Waals surface area contributed by atoms with Crippen LogP contribution in [0.2, 0.25) is 0 Å². The van der Waals surface area contributed by atoms with Gasteiger partial charge in [0.1, 0.15) is 11.9 Å². The lowest BCUT2D eigenvalue weighted by atomic mass is 9.84. The van der Waals surface area contributed by atoms with Crippen molar-refractivity contribution < 1.29 is 23.1 Å². The molecule has 0 spiro atoms. The molecule has 2 amide bonds. The third kappa shape index (κ3) is 6.27. The number of carbonyl (C=O) groups is 2. The number of ether oxygens (including phenoxy) is 1. The molecule has 214 valence electrons. The number of hydrogen-bond donors (Lipinski definition) is 2. The summed E-state index contributed by atoms with van der Waals surface area (Å²) in [4.78, 5) is 40.6. The van der Waals surface area contributed by atoms with Crippen molar-refractivity contribution in [2.75, 3.05) is 0 Å². The van der Waals surface area contributed by atoms with Gasteiger partial charge >= 0.3 is 5.56 Å². The Hall–Kier alpha value is -4.59. The average Bonchev–Trinajstić information content (AvgIpc) is 3.40. The third-order valence-electron chi connectivity index (χ3n) is 7.32. The number of amides is 2. The van der Waals surface area contributed by atoms with Gasteiger partial charge in [0, 0.05) is 11.6 Å². The molecule has 0 aliphatic carbocycles. The summed E-state index contributed by atoms with van der Waals surface area (Å²) < 4.78 is 34.3. The van der Waals surface area contributed by atoms with Gasteiger partial charge in [-0.2, -0.15) is 10.4 Å². The number of hydrogen-bond acceptors (Lipinski definition) is 6. The fourth-order valence-corrected chi connectivity index (χ4v) is 5.10. The largest absolute Gasteiger partial charge is 0.448 e. The van der Waals surface area contributed by atoms with Crippen LogP contribution in [0.3, 0.4) is 0 Å². The molecule has 1 aromatic heterocycles. The van der Waals surface area contributed by atoms with E-state index in [1.165, 1.54) is 30.3 Å². The molecular formula is C30H31F2N5O4. The highest BCUT2D eigenvalue weighted by atomic mass is 19.1. The molecule has 1 aliphatic rings. The molecule has 0 bridgehead atoms. The summed E-state index contributed by atoms with van der Waals surface area (Å²) in [6.45, 7) is 6.86. The molecule has 2 aromatic carbocycles. The van der Waals surface area contributed by atoms with E-state index in [-0.39, 0.29) is 23.5 Å². The molecule has 2 N–H and O–H groups in total. The molecule has 2 heterocycles. The zero-order valence-electron chi connectivity index (χ0n) is 23.2. The zero-order chi connectivity index (χ0) is 29.9. The van der Waals surface area contributed by atoms with E-state index in [0.29, 0.717) is 24.1 Å². The van der Waals surface area contributed by atoms with Gasteiger partial charge in [0.2, 0.25) is 5.91 Å². The Labute approximate surface area is 236 Å². The highest BCUT2D eigenvalue weighted by Gasteiger charge is 2.47. The lowest BCUT2D eigenvalue weighted by molar-refractivity contribution is -0.138. The van der Waals surface area contributed by atoms with Crippen LogP contribution in [0.5, 0.6) is 11.5 Å². The van der Waals surface area contributed by atoms with Crippen LogP contribution in [0.25, 0.3) is 0 Å². The molecule has 11 heteroatoms. The van der Waals surface area contributed by atoms with Gasteiger partial charge in [-0.05, 0) is 75.9 Å². The summed E-state index contributed by atoms with van der Waals surface area (Å²) in [7, 11) is 0. The van der Waals surface area contributed by atoms with Gasteiger partial charge in [-0.3, -0.25) is 14.4 Å². The molecule has 1 aliphatic heterocycles. The standard InChI is InChI=1S/C30H31F2N5O4/c1-5-22(29(40)37-23(18-7-6-8-20(31)14-18)10-12-26(37)30(3,4)16-33)34-27(38)19-9-11-24(21(32)15-19)41-25-13-17(2)35-36-28(25)39/h6-9,11,13-15,22-23,26H,5,10,12H2,1-4H3,(H,34,38)(H,36,39)/t22-,23+,26?/m1/s1. The summed E-state index contributed by atoms with van der Waals surface area (Å²) in [5.74, 6) is -2.83. The number of likely N-dealkylation sites (tertiary alicyclic amines) is 1. The molecule has 0 saturated carbocycles. The van der Waals surface area contributed by atoms with E-state index >= 15 is 0 Å². The van der Waals surface area contributed by atoms with E-state index in [2.05, 4.69) is 21.6 Å². The van der Waals surface area contributed by atoms with Crippen molar-refractivity contribution in [3.63, 3.8) is 0 Å². The maximum atomic E-state index is 14.9. The maximum absolute atomic E-state index is 14.9. The molecule has 4 rings (SSSR count).